The van der Waals surface area contributed by atoms with Crippen LogP contribution < -0.4 is 5.73 Å². The lowest BCUT2D eigenvalue weighted by Crippen LogP contribution is -2.43. The molecule has 0 bridgehead atoms. The first-order valence-electron chi connectivity index (χ1n) is 4.75. The molecule has 1 aliphatic rings. The summed E-state index contributed by atoms with van der Waals surface area (Å²) in [5.74, 6) is -0.684. The van der Waals surface area contributed by atoms with Crippen LogP contribution in [0.25, 0.3) is 0 Å². The second-order valence-electron chi connectivity index (χ2n) is 3.55. The van der Waals surface area contributed by atoms with E-state index in [1.807, 2.05) is 6.08 Å². The van der Waals surface area contributed by atoms with Crippen LogP contribution in [0.5, 0.6) is 0 Å². The average molecular weight is 193 g/mol. The summed E-state index contributed by atoms with van der Waals surface area (Å²) in [5, 5.41) is 0. The Morgan fingerprint density at radius 2 is 2.29 bits per heavy atom. The van der Waals surface area contributed by atoms with Crippen molar-refractivity contribution < 1.29 is 9.59 Å². The molecular formula is C11H15NO2. The van der Waals surface area contributed by atoms with Gasteiger partial charge in [0.05, 0.1) is 0 Å². The quantitative estimate of drug-likeness (QED) is 0.541. The lowest BCUT2D eigenvalue weighted by atomic mass is 9.74. The van der Waals surface area contributed by atoms with Crippen LogP contribution in [0.4, 0.5) is 0 Å². The molecule has 1 aliphatic carbocycles. The van der Waals surface area contributed by atoms with Crippen molar-refractivity contribution in [2.24, 2.45) is 11.1 Å². The van der Waals surface area contributed by atoms with E-state index in [0.717, 1.165) is 12.8 Å². The Labute approximate surface area is 83.7 Å². The van der Waals surface area contributed by atoms with Crippen LogP contribution >= 0.6 is 0 Å². The Morgan fingerprint density at radius 3 is 2.71 bits per heavy atom. The van der Waals surface area contributed by atoms with E-state index in [1.165, 1.54) is 6.08 Å². The third-order valence-electron chi connectivity index (χ3n) is 2.61. The van der Waals surface area contributed by atoms with Crippen LogP contribution in [0.3, 0.4) is 0 Å². The van der Waals surface area contributed by atoms with Gasteiger partial charge >= 0.3 is 0 Å². The zero-order valence-electron chi connectivity index (χ0n) is 8.16. The number of rotatable bonds is 4. The summed E-state index contributed by atoms with van der Waals surface area (Å²) in [6, 6.07) is 0. The summed E-state index contributed by atoms with van der Waals surface area (Å²) in [4.78, 5) is 23.0. The number of hydrogen-bond donors (Lipinski definition) is 1. The number of Topliss-reactive ketones (excluding diaryl/α,β-unsaturated/α-hetero) is 1. The highest BCUT2D eigenvalue weighted by molar-refractivity contribution is 6.08. The minimum absolute atomic E-state index is 0.143. The van der Waals surface area contributed by atoms with E-state index < -0.39 is 11.3 Å². The topological polar surface area (TPSA) is 60.2 Å². The monoisotopic (exact) mass is 193 g/mol. The van der Waals surface area contributed by atoms with Gasteiger partial charge in [-0.1, -0.05) is 18.2 Å². The molecule has 0 aromatic heterocycles. The highest BCUT2D eigenvalue weighted by Crippen LogP contribution is 2.32. The fraction of sp³-hybridized carbons (Fsp3) is 0.455. The zero-order chi connectivity index (χ0) is 10.6. The number of hydrogen-bond acceptors (Lipinski definition) is 2. The molecule has 0 aromatic carbocycles. The van der Waals surface area contributed by atoms with Crippen molar-refractivity contribution in [1.82, 2.24) is 0 Å². The number of ketones is 1. The molecule has 1 amide bonds. The predicted molar refractivity (Wildman–Crippen MR) is 54.4 cm³/mol. The number of carbonyl (C=O) groups excluding carboxylic acids is 2. The van der Waals surface area contributed by atoms with Gasteiger partial charge in [-0.15, -0.1) is 6.58 Å². The Bertz CT molecular complexity index is 294. The smallest absolute Gasteiger partial charge is 0.235 e. The first-order valence-corrected chi connectivity index (χ1v) is 4.75. The van der Waals surface area contributed by atoms with Crippen molar-refractivity contribution in [1.29, 1.82) is 0 Å². The first kappa shape index (κ1) is 10.7. The van der Waals surface area contributed by atoms with Crippen LogP contribution in [0.1, 0.15) is 25.7 Å². The van der Waals surface area contributed by atoms with Gasteiger partial charge in [0.2, 0.25) is 5.91 Å². The molecule has 0 saturated heterocycles. The van der Waals surface area contributed by atoms with Gasteiger partial charge in [0.1, 0.15) is 5.41 Å². The van der Waals surface area contributed by atoms with E-state index >= 15 is 0 Å². The van der Waals surface area contributed by atoms with E-state index in [1.54, 1.807) is 6.08 Å². The van der Waals surface area contributed by atoms with Gasteiger partial charge in [-0.2, -0.15) is 0 Å². The molecule has 1 atom stereocenters. The summed E-state index contributed by atoms with van der Waals surface area (Å²) in [7, 11) is 0. The van der Waals surface area contributed by atoms with Crippen molar-refractivity contribution in [3.63, 3.8) is 0 Å². The fourth-order valence-corrected chi connectivity index (χ4v) is 1.75. The lowest BCUT2D eigenvalue weighted by Gasteiger charge is -2.27. The minimum Gasteiger partial charge on any atom is -0.369 e. The normalized spacial score (nSPS) is 25.7. The standard InChI is InChI=1S/C11H15NO2/c1-2-6-9(13)11(10(12)14)7-4-3-5-8-11/h2,4,7H,1,3,5-6,8H2,(H2,12,14). The Morgan fingerprint density at radius 1 is 1.57 bits per heavy atom. The fourth-order valence-electron chi connectivity index (χ4n) is 1.75. The van der Waals surface area contributed by atoms with E-state index in [-0.39, 0.29) is 12.2 Å². The molecule has 0 radical (unpaired) electrons. The molecule has 1 rings (SSSR count). The van der Waals surface area contributed by atoms with Crippen LogP contribution in [0.15, 0.2) is 24.8 Å². The van der Waals surface area contributed by atoms with Gasteiger partial charge in [-0.25, -0.2) is 0 Å². The van der Waals surface area contributed by atoms with Gasteiger partial charge in [0.15, 0.2) is 5.78 Å². The van der Waals surface area contributed by atoms with Gasteiger partial charge in [0, 0.05) is 6.42 Å². The highest BCUT2D eigenvalue weighted by atomic mass is 16.2. The predicted octanol–water partition coefficient (Wildman–Crippen LogP) is 1.34. The van der Waals surface area contributed by atoms with Crippen LogP contribution in [0.2, 0.25) is 0 Å². The molecule has 0 saturated carbocycles. The number of amides is 1. The second kappa shape index (κ2) is 4.22. The second-order valence-corrected chi connectivity index (χ2v) is 3.55. The largest absolute Gasteiger partial charge is 0.369 e. The summed E-state index contributed by atoms with van der Waals surface area (Å²) >= 11 is 0. The zero-order valence-corrected chi connectivity index (χ0v) is 8.16. The number of nitrogens with two attached hydrogens (primary N) is 1. The van der Waals surface area contributed by atoms with Crippen molar-refractivity contribution in [2.45, 2.75) is 25.7 Å². The average Bonchev–Trinajstić information content (AvgIpc) is 2.19. The highest BCUT2D eigenvalue weighted by Gasteiger charge is 2.41. The van der Waals surface area contributed by atoms with Gasteiger partial charge in [-0.05, 0) is 19.3 Å². The Hall–Kier alpha value is -1.38. The van der Waals surface area contributed by atoms with E-state index in [9.17, 15) is 9.59 Å². The summed E-state index contributed by atoms with van der Waals surface area (Å²) in [6.07, 6.45) is 7.51. The summed E-state index contributed by atoms with van der Waals surface area (Å²) in [6.45, 7) is 3.49. The lowest BCUT2D eigenvalue weighted by molar-refractivity contribution is -0.137. The third kappa shape index (κ3) is 1.76. The molecule has 1 unspecified atom stereocenters. The molecule has 0 fully saturated rings. The summed E-state index contributed by atoms with van der Waals surface area (Å²) in [5.41, 5.74) is 4.22. The molecule has 0 aliphatic heterocycles. The maximum atomic E-state index is 11.7. The molecule has 76 valence electrons. The Balaban J connectivity index is 2.97. The molecule has 3 nitrogen and oxygen atoms in total. The molecule has 2 N–H and O–H groups in total. The number of primary amides is 1. The van der Waals surface area contributed by atoms with Crippen LogP contribution in [-0.4, -0.2) is 11.7 Å². The van der Waals surface area contributed by atoms with Gasteiger partial charge < -0.3 is 5.73 Å². The van der Waals surface area contributed by atoms with Crippen molar-refractivity contribution in [2.75, 3.05) is 0 Å². The first-order chi connectivity index (χ1) is 6.63. The van der Waals surface area contributed by atoms with E-state index in [2.05, 4.69) is 6.58 Å². The van der Waals surface area contributed by atoms with E-state index in [0.29, 0.717) is 6.42 Å². The minimum atomic E-state index is -1.06. The maximum absolute atomic E-state index is 11.7. The third-order valence-corrected chi connectivity index (χ3v) is 2.61. The van der Waals surface area contributed by atoms with Crippen molar-refractivity contribution >= 4 is 11.7 Å². The number of allylic oxidation sites excluding steroid dienone is 2. The Kier molecular flexibility index (Phi) is 3.23. The molecule has 0 aromatic rings. The van der Waals surface area contributed by atoms with Crippen LogP contribution in [0, 0.1) is 5.41 Å². The van der Waals surface area contributed by atoms with Crippen molar-refractivity contribution in [3.8, 4) is 0 Å². The van der Waals surface area contributed by atoms with Gasteiger partial charge in [0.25, 0.3) is 0 Å². The molecule has 14 heavy (non-hydrogen) atoms. The molecule has 3 heteroatoms. The van der Waals surface area contributed by atoms with Crippen molar-refractivity contribution in [3.05, 3.63) is 24.8 Å². The van der Waals surface area contributed by atoms with Crippen LogP contribution in [-0.2, 0) is 9.59 Å². The molecule has 0 heterocycles. The summed E-state index contributed by atoms with van der Waals surface area (Å²) < 4.78 is 0. The van der Waals surface area contributed by atoms with Gasteiger partial charge in [-0.3, -0.25) is 9.59 Å². The maximum Gasteiger partial charge on any atom is 0.235 e. The number of carbonyl (C=O) groups is 2. The SMILES string of the molecule is C=CCC(=O)C1(C(N)=O)C=CCCC1. The molecule has 0 spiro atoms. The molecular weight excluding hydrogens is 178 g/mol. The van der Waals surface area contributed by atoms with E-state index in [4.69, 9.17) is 5.73 Å².